The zero-order valence-corrected chi connectivity index (χ0v) is 21.5. The zero-order chi connectivity index (χ0) is 27.3. The average Bonchev–Trinajstić information content (AvgIpc) is 3.40. The minimum Gasteiger partial charge on any atom is -0.481 e. The van der Waals surface area contributed by atoms with Crippen molar-refractivity contribution < 1.29 is 32.5 Å². The Morgan fingerprint density at radius 2 is 1.87 bits per heavy atom. The highest BCUT2D eigenvalue weighted by Gasteiger charge is 2.37. The Kier molecular flexibility index (Phi) is 8.39. The number of piperidine rings is 1. The van der Waals surface area contributed by atoms with Gasteiger partial charge in [0.1, 0.15) is 17.5 Å². The topological polar surface area (TPSA) is 164 Å². The van der Waals surface area contributed by atoms with E-state index in [1.807, 2.05) is 37.3 Å². The summed E-state index contributed by atoms with van der Waals surface area (Å²) in [6, 6.07) is 14.9. The molecule has 2 heterocycles. The van der Waals surface area contributed by atoms with Gasteiger partial charge in [-0.3, -0.25) is 14.1 Å². The van der Waals surface area contributed by atoms with E-state index >= 15 is 0 Å². The number of amides is 1. The number of benzene rings is 2. The summed E-state index contributed by atoms with van der Waals surface area (Å²) >= 11 is 0. The smallest absolute Gasteiger partial charge is 0.364 e. The Bertz CT molecular complexity index is 1360. The second-order valence-electron chi connectivity index (χ2n) is 9.13. The Labute approximate surface area is 220 Å². The molecule has 1 saturated heterocycles. The van der Waals surface area contributed by atoms with Crippen LogP contribution in [-0.4, -0.2) is 62.4 Å². The Morgan fingerprint density at radius 1 is 1.16 bits per heavy atom. The number of nitrogens with zero attached hydrogens (tertiary/aromatic N) is 4. The molecule has 12 nitrogen and oxygen atoms in total. The van der Waals surface area contributed by atoms with Crippen molar-refractivity contribution in [1.82, 2.24) is 24.8 Å². The summed E-state index contributed by atoms with van der Waals surface area (Å²) < 4.78 is 31.8. The van der Waals surface area contributed by atoms with Crippen molar-refractivity contribution in [1.29, 1.82) is 0 Å². The van der Waals surface area contributed by atoms with Crippen LogP contribution < -0.4 is 9.72 Å². The van der Waals surface area contributed by atoms with Gasteiger partial charge in [-0.25, -0.2) is 4.68 Å². The summed E-state index contributed by atoms with van der Waals surface area (Å²) in [5.41, 5.74) is 2.08. The number of rotatable bonds is 10. The monoisotopic (exact) mass is 543 g/mol. The van der Waals surface area contributed by atoms with E-state index < -0.39 is 28.2 Å². The number of likely N-dealkylation sites (tertiary alicyclic amines) is 1. The molecule has 1 aliphatic rings. The minimum atomic E-state index is -4.51. The van der Waals surface area contributed by atoms with Crippen LogP contribution in [0.15, 0.2) is 60.8 Å². The maximum atomic E-state index is 13.9. The molecule has 202 valence electrons. The van der Waals surface area contributed by atoms with E-state index in [1.165, 1.54) is 21.7 Å². The largest absolute Gasteiger partial charge is 0.481 e. The molecule has 1 aliphatic heterocycles. The number of carbonyl (C=O) groups excluding carboxylic acids is 1. The van der Waals surface area contributed by atoms with Gasteiger partial charge in [0.05, 0.1) is 12.1 Å². The van der Waals surface area contributed by atoms with Crippen LogP contribution in [0, 0.1) is 5.92 Å². The Hall–Kier alpha value is -3.81. The fraction of sp³-hybridized carbons (Fsp3) is 0.360. The summed E-state index contributed by atoms with van der Waals surface area (Å²) in [7, 11) is -4.51. The summed E-state index contributed by atoms with van der Waals surface area (Å²) in [6.07, 6.45) is 3.52. The van der Waals surface area contributed by atoms with Gasteiger partial charge in [0.25, 0.3) is 0 Å². The molecular weight excluding hydrogens is 514 g/mol. The van der Waals surface area contributed by atoms with Crippen LogP contribution >= 0.6 is 0 Å². The predicted molar refractivity (Wildman–Crippen MR) is 136 cm³/mol. The van der Waals surface area contributed by atoms with Crippen LogP contribution in [0.1, 0.15) is 37.8 Å². The van der Waals surface area contributed by atoms with Crippen molar-refractivity contribution in [2.24, 2.45) is 5.92 Å². The lowest BCUT2D eigenvalue weighted by molar-refractivity contribution is -0.149. The van der Waals surface area contributed by atoms with Crippen LogP contribution in [0.3, 0.4) is 0 Å². The molecule has 3 aromatic rings. The van der Waals surface area contributed by atoms with Crippen LogP contribution in [0.2, 0.25) is 0 Å². The molecule has 0 spiro atoms. The van der Waals surface area contributed by atoms with Gasteiger partial charge in [-0.1, -0.05) is 42.5 Å². The first kappa shape index (κ1) is 27.2. The van der Waals surface area contributed by atoms with Crippen LogP contribution in [0.4, 0.5) is 0 Å². The molecule has 0 saturated carbocycles. The molecule has 4 rings (SSSR count). The molecule has 0 aliphatic carbocycles. The first-order valence-corrected chi connectivity index (χ1v) is 13.6. The standard InChI is InChI=1S/C25H29N5O7S/c1-2-20-15-19(25(32)33)12-13-29(20)24(31)23(14-17-6-4-3-5-7-17)30-16-22(26-27-30)18-8-10-21(11-9-18)37-28-38(34,35)36/h3-11,16,19-20,23,28H,2,12-15H2,1H3,(H,32,33)(H,34,35,36)/t19?,20?,23-/m0/s1. The number of aliphatic carboxylic acids is 1. The van der Waals surface area contributed by atoms with E-state index in [-0.39, 0.29) is 17.7 Å². The maximum absolute atomic E-state index is 13.9. The molecule has 1 aromatic heterocycles. The number of aromatic nitrogens is 3. The highest BCUT2D eigenvalue weighted by molar-refractivity contribution is 7.83. The summed E-state index contributed by atoms with van der Waals surface area (Å²) in [6.45, 7) is 2.31. The van der Waals surface area contributed by atoms with Crippen LogP contribution in [0.5, 0.6) is 5.75 Å². The number of carboxylic acids is 1. The van der Waals surface area contributed by atoms with Crippen LogP contribution in [0.25, 0.3) is 11.3 Å². The molecule has 3 atom stereocenters. The molecule has 13 heteroatoms. The second kappa shape index (κ2) is 11.7. The highest BCUT2D eigenvalue weighted by Crippen LogP contribution is 2.29. The third-order valence-electron chi connectivity index (χ3n) is 6.62. The predicted octanol–water partition coefficient (Wildman–Crippen LogP) is 2.52. The summed E-state index contributed by atoms with van der Waals surface area (Å²) in [4.78, 5) is 33.5. The quantitative estimate of drug-likeness (QED) is 0.257. The van der Waals surface area contributed by atoms with Gasteiger partial charge in [-0.05, 0) is 54.0 Å². The van der Waals surface area contributed by atoms with Gasteiger partial charge in [-0.2, -0.15) is 8.42 Å². The molecule has 38 heavy (non-hydrogen) atoms. The number of nitrogens with one attached hydrogen (secondary N) is 1. The summed E-state index contributed by atoms with van der Waals surface area (Å²) in [5.74, 6) is -1.29. The third kappa shape index (κ3) is 6.73. The number of hydrogen-bond donors (Lipinski definition) is 3. The van der Waals surface area contributed by atoms with Gasteiger partial charge in [0.15, 0.2) is 0 Å². The third-order valence-corrected chi connectivity index (χ3v) is 6.91. The summed E-state index contributed by atoms with van der Waals surface area (Å²) in [5, 5.41) is 18.0. The van der Waals surface area contributed by atoms with Crippen molar-refractivity contribution in [3.05, 3.63) is 66.4 Å². The van der Waals surface area contributed by atoms with Gasteiger partial charge < -0.3 is 14.8 Å². The van der Waals surface area contributed by atoms with Crippen LogP contribution in [-0.2, 0) is 26.3 Å². The molecule has 1 amide bonds. The first-order valence-electron chi connectivity index (χ1n) is 12.1. The van der Waals surface area contributed by atoms with Crippen molar-refractivity contribution in [3.63, 3.8) is 0 Å². The second-order valence-corrected chi connectivity index (χ2v) is 10.2. The average molecular weight is 544 g/mol. The number of carboxylic acid groups (broad SMARTS) is 1. The van der Waals surface area contributed by atoms with E-state index in [2.05, 4.69) is 10.3 Å². The maximum Gasteiger partial charge on any atom is 0.364 e. The Balaban J connectivity index is 1.58. The van der Waals surface area contributed by atoms with Gasteiger partial charge >= 0.3 is 16.3 Å². The van der Waals surface area contributed by atoms with Crippen molar-refractivity contribution in [2.45, 2.75) is 44.7 Å². The van der Waals surface area contributed by atoms with Gasteiger partial charge in [0, 0.05) is 24.6 Å². The SMILES string of the molecule is CCC1CC(C(=O)O)CCN1C(=O)[C@H](Cc1ccccc1)n1cc(-c2ccc(ONS(=O)(=O)O)cc2)nn1. The zero-order valence-electron chi connectivity index (χ0n) is 20.7. The first-order chi connectivity index (χ1) is 18.1. The van der Waals surface area contributed by atoms with E-state index in [0.29, 0.717) is 43.5 Å². The van der Waals surface area contributed by atoms with E-state index in [9.17, 15) is 23.1 Å². The lowest BCUT2D eigenvalue weighted by Gasteiger charge is -2.39. The molecule has 0 bridgehead atoms. The fourth-order valence-corrected chi connectivity index (χ4v) is 4.83. The molecule has 2 unspecified atom stereocenters. The number of carbonyl (C=O) groups is 2. The molecule has 1 fully saturated rings. The lowest BCUT2D eigenvalue weighted by Crippen LogP contribution is -2.50. The molecule has 3 N–H and O–H groups in total. The normalized spacial score (nSPS) is 18.6. The fourth-order valence-electron chi connectivity index (χ4n) is 4.63. The number of hydrogen-bond acceptors (Lipinski definition) is 7. The van der Waals surface area contributed by atoms with Crippen molar-refractivity contribution in [3.8, 4) is 17.0 Å². The van der Waals surface area contributed by atoms with E-state index in [4.69, 9.17) is 9.39 Å². The molecular formula is C25H29N5O7S. The van der Waals surface area contributed by atoms with Crippen molar-refractivity contribution in [2.75, 3.05) is 6.54 Å². The lowest BCUT2D eigenvalue weighted by atomic mass is 9.88. The van der Waals surface area contributed by atoms with Gasteiger partial charge in [-0.15, -0.1) is 5.10 Å². The Morgan fingerprint density at radius 3 is 2.50 bits per heavy atom. The van der Waals surface area contributed by atoms with Crippen molar-refractivity contribution >= 4 is 22.2 Å². The van der Waals surface area contributed by atoms with E-state index in [0.717, 1.165) is 5.56 Å². The molecule has 2 aromatic carbocycles. The molecule has 0 radical (unpaired) electrons. The van der Waals surface area contributed by atoms with E-state index in [1.54, 1.807) is 23.2 Å². The minimum absolute atomic E-state index is 0.138. The highest BCUT2D eigenvalue weighted by atomic mass is 32.2. The van der Waals surface area contributed by atoms with Gasteiger partial charge in [0.2, 0.25) is 5.91 Å².